The Hall–Kier alpha value is -7.01. The first-order valence-corrected chi connectivity index (χ1v) is 35.1. The summed E-state index contributed by atoms with van der Waals surface area (Å²) in [6.45, 7) is 8.13. The average Bonchev–Trinajstić information content (AvgIpc) is 1.87. The first kappa shape index (κ1) is 66.0. The molecule has 87 heavy (non-hydrogen) atoms. The van der Waals surface area contributed by atoms with E-state index in [0.717, 1.165) is 23.5 Å². The molecule has 1 aromatic heterocycles. The first-order valence-electron chi connectivity index (χ1n) is 27.1. The van der Waals surface area contributed by atoms with E-state index in [9.17, 15) is 53.3 Å². The molecule has 1 saturated heterocycles. The molecule has 24 nitrogen and oxygen atoms in total. The molecule has 3 fully saturated rings. The zero-order valence-corrected chi connectivity index (χ0v) is 53.5. The Bertz CT molecular complexity index is 3370. The van der Waals surface area contributed by atoms with E-state index in [2.05, 4.69) is 13.2 Å². The number of nitro benzene ring substituents is 1. The number of esters is 6. The van der Waals surface area contributed by atoms with Gasteiger partial charge in [0.25, 0.3) is 5.69 Å². The van der Waals surface area contributed by atoms with Crippen LogP contribution in [0.3, 0.4) is 0 Å². The summed E-state index contributed by atoms with van der Waals surface area (Å²) in [7, 11) is 0. The molecule has 0 radical (unpaired) electrons. The summed E-state index contributed by atoms with van der Waals surface area (Å²) < 4.78 is 61.6. The van der Waals surface area contributed by atoms with Gasteiger partial charge in [0.15, 0.2) is 11.5 Å². The minimum atomic E-state index is -1.12. The van der Waals surface area contributed by atoms with Gasteiger partial charge in [-0.15, -0.1) is 11.3 Å². The van der Waals surface area contributed by atoms with Gasteiger partial charge in [0.2, 0.25) is 0 Å². The third-order valence-corrected chi connectivity index (χ3v) is 19.4. The zero-order chi connectivity index (χ0) is 61.8. The van der Waals surface area contributed by atoms with Gasteiger partial charge in [-0.1, -0.05) is 0 Å². The second-order valence-corrected chi connectivity index (χ2v) is 26.8. The monoisotopic (exact) mass is 1560 g/mol. The van der Waals surface area contributed by atoms with Crippen molar-refractivity contribution >= 4 is 81.0 Å². The summed E-state index contributed by atoms with van der Waals surface area (Å²) in [5, 5.41) is 11.8. The third kappa shape index (κ3) is 19.5. The van der Waals surface area contributed by atoms with Crippen LogP contribution in [0.15, 0.2) is 104 Å². The number of hydrogen-bond donors (Lipinski definition) is 0. The summed E-state index contributed by atoms with van der Waals surface area (Å²) >= 11 is -1.96. The normalized spacial score (nSPS) is 17.9. The van der Waals surface area contributed by atoms with Gasteiger partial charge in [0.05, 0.1) is 10.8 Å². The van der Waals surface area contributed by atoms with Crippen LogP contribution >= 0.6 is 11.3 Å². The predicted octanol–water partition coefficient (Wildman–Crippen LogP) is -1.14. The van der Waals surface area contributed by atoms with Crippen molar-refractivity contribution in [2.45, 2.75) is 57.5 Å². The van der Waals surface area contributed by atoms with Gasteiger partial charge in [0, 0.05) is 17.7 Å². The average molecular weight is 1560 g/mol. The van der Waals surface area contributed by atoms with Crippen LogP contribution in [0.2, 0.25) is 0 Å². The number of carbonyl (C=O) groups is 9. The Morgan fingerprint density at radius 3 is 1.61 bits per heavy atom. The van der Waals surface area contributed by atoms with Gasteiger partial charge in [-0.05, 0) is 24.3 Å². The molecule has 1 unspecified atom stereocenters. The molecular formula is C59H56I3N2O22S-3. The number of carbonyl (C=O) groups excluding carboxylic acids is 9. The van der Waals surface area contributed by atoms with Crippen LogP contribution in [-0.4, -0.2) is 116 Å². The Balaban J connectivity index is 0.857. The van der Waals surface area contributed by atoms with Gasteiger partial charge < -0.3 is 9.47 Å². The molecule has 28 heteroatoms. The minimum absolute atomic E-state index is 0.0722. The number of hydrogen-bond acceptors (Lipinski definition) is 24. The molecule has 0 N–H and O–H groups in total. The van der Waals surface area contributed by atoms with Crippen LogP contribution in [0.25, 0.3) is 20.8 Å². The van der Waals surface area contributed by atoms with Crippen molar-refractivity contribution in [3.63, 3.8) is 0 Å². The molecule has 3 aliphatic rings. The number of halogens is 3. The molecule has 0 spiro atoms. The van der Waals surface area contributed by atoms with Crippen molar-refractivity contribution < 1.29 is 160 Å². The van der Waals surface area contributed by atoms with Gasteiger partial charge in [-0.2, -0.15) is 0 Å². The number of ether oxygens (including phenoxy) is 8. The molecule has 0 amide bonds. The molecule has 5 aromatic rings. The fraction of sp³-hybridized carbons (Fsp3) is 0.356. The van der Waals surface area contributed by atoms with Crippen LogP contribution in [0.1, 0.15) is 82.4 Å². The van der Waals surface area contributed by atoms with E-state index >= 15 is 0 Å². The maximum atomic E-state index is 13.9. The number of rotatable bonds is 29. The molecule has 1 atom stereocenters. The number of nitrogens with zero attached hydrogens (tertiary/aromatic N) is 2. The van der Waals surface area contributed by atoms with E-state index in [0.29, 0.717) is 70.8 Å². The van der Waals surface area contributed by atoms with Gasteiger partial charge in [-0.3, -0.25) is 19.7 Å². The molecular weight excluding hydrogens is 1500 g/mol. The van der Waals surface area contributed by atoms with E-state index in [1.807, 2.05) is 0 Å². The van der Waals surface area contributed by atoms with Crippen molar-refractivity contribution in [3.05, 3.63) is 131 Å². The van der Waals surface area contributed by atoms with Gasteiger partial charge >= 0.3 is 407 Å². The van der Waals surface area contributed by atoms with Crippen LogP contribution < -0.4 is 83.8 Å². The molecule has 4 aromatic carbocycles. The first-order chi connectivity index (χ1) is 42.1. The second kappa shape index (κ2) is 32.8. The van der Waals surface area contributed by atoms with Gasteiger partial charge in [0.1, 0.15) is 15.2 Å². The third-order valence-electron chi connectivity index (χ3n) is 13.5. The van der Waals surface area contributed by atoms with E-state index in [1.165, 1.54) is 78.9 Å². The van der Waals surface area contributed by atoms with Crippen molar-refractivity contribution in [2.75, 3.05) is 46.3 Å². The summed E-state index contributed by atoms with van der Waals surface area (Å²) in [5.74, 6) is -7.78. The maximum absolute atomic E-state index is 13.9. The molecule has 1 aliphatic heterocycles. The summed E-state index contributed by atoms with van der Waals surface area (Å²) in [4.78, 5) is 132. The second-order valence-electron chi connectivity index (χ2n) is 19.3. The number of benzene rings is 4. The molecule has 464 valence electrons. The summed E-state index contributed by atoms with van der Waals surface area (Å²) in [6, 6.07) is 18.5. The number of epoxide rings is 1. The standard InChI is InChI=1S/C59H56I3N2O22S/c1-3-48(65)84-60-26-29-77-58(72)44-22-21-42(31-45(44)59(73)78-30-27-61-85-49(66)4-2)81-54(68)36-7-11-38(12-8-36)56(70)83-47-24-23-46(50-51(47)87-52(63-50)34-13-17-40(18-14-34)64(74)75)82-55(69)37-9-5-35(6-10-37)53(67)80-41-19-15-39(16-20-41)57(71)86-62-25-28-76-32-43-33-79-43/h3-4,13-24,31,35-38,43H,1-2,5-12,25-30,32-33H2/q-3. The quantitative estimate of drug-likeness (QED) is 0.00629. The fourth-order valence-corrected chi connectivity index (χ4v) is 13.3. The van der Waals surface area contributed by atoms with E-state index in [-0.39, 0.29) is 99.2 Å². The van der Waals surface area contributed by atoms with E-state index in [1.54, 1.807) is 0 Å². The van der Waals surface area contributed by atoms with Gasteiger partial charge in [-0.25, -0.2) is 4.98 Å². The number of aromatic nitrogens is 1. The van der Waals surface area contributed by atoms with Crippen LogP contribution in [0.5, 0.6) is 23.0 Å². The fourth-order valence-electron chi connectivity index (χ4n) is 8.80. The number of thiazole rings is 1. The molecule has 0 bridgehead atoms. The van der Waals surface area contributed by atoms with Crippen molar-refractivity contribution in [2.24, 2.45) is 23.7 Å². The number of nitro groups is 1. The van der Waals surface area contributed by atoms with E-state index < -0.39 is 147 Å². The topological polar surface area (TPSA) is 314 Å². The van der Waals surface area contributed by atoms with Crippen molar-refractivity contribution in [1.29, 1.82) is 0 Å². The Morgan fingerprint density at radius 1 is 0.586 bits per heavy atom. The molecule has 2 saturated carbocycles. The van der Waals surface area contributed by atoms with Crippen LogP contribution in [0.4, 0.5) is 5.69 Å². The Labute approximate surface area is 533 Å². The molecule has 2 aliphatic carbocycles. The van der Waals surface area contributed by atoms with Crippen molar-refractivity contribution in [3.8, 4) is 33.6 Å². The van der Waals surface area contributed by atoms with Crippen LogP contribution in [-0.2, 0) is 56.9 Å². The summed E-state index contributed by atoms with van der Waals surface area (Å²) in [5.41, 5.74) is 0.440. The zero-order valence-electron chi connectivity index (χ0n) is 46.2. The van der Waals surface area contributed by atoms with Crippen LogP contribution in [0, 0.1) is 33.8 Å². The summed E-state index contributed by atoms with van der Waals surface area (Å²) in [6.07, 6.45) is 4.44. The van der Waals surface area contributed by atoms with E-state index in [4.69, 9.17) is 52.1 Å². The van der Waals surface area contributed by atoms with Crippen molar-refractivity contribution in [1.82, 2.24) is 4.98 Å². The molecule has 8 rings (SSSR count). The SMILES string of the molecule is C=CC(=O)O[I-]CCOC(=O)c1ccc(OC(=O)C2CCC(C(=O)Oc3ccc(OC(=O)C4CCC(C(=O)Oc5ccc(C(=O)O[I-]CCOCC6CO6)cc5)CC4)c4nc(-c5ccc([N+](=O)[O-])cc5)sc34)CC2)cc1C(=O)OCC[I-]OC(=O)C=C. The number of alkyl halides is 3. The Kier molecular flexibility index (Phi) is 24.9. The Morgan fingerprint density at radius 2 is 1.07 bits per heavy atom. The number of non-ortho nitro benzene ring substituents is 1. The predicted molar refractivity (Wildman–Crippen MR) is 292 cm³/mol. The molecule has 2 heterocycles. The number of fused-ring (bicyclic) bond motifs is 1.